The van der Waals surface area contributed by atoms with Gasteiger partial charge < -0.3 is 10.2 Å². The van der Waals surface area contributed by atoms with Gasteiger partial charge in [-0.15, -0.1) is 0 Å². The average molecular weight is 359 g/mol. The number of carbonyl (C=O) groups excluding carboxylic acids is 1. The number of H-pyrrole nitrogens is 1. The van der Waals surface area contributed by atoms with Gasteiger partial charge >= 0.3 is 6.03 Å². The molecule has 1 aliphatic rings. The van der Waals surface area contributed by atoms with E-state index in [4.69, 9.17) is 11.6 Å². The number of urea groups is 1. The topological polar surface area (TPSA) is 61.0 Å². The Kier molecular flexibility index (Phi) is 4.00. The maximum atomic E-state index is 12.6. The van der Waals surface area contributed by atoms with Crippen molar-refractivity contribution in [2.75, 3.05) is 11.9 Å². The number of aromatic nitrogens is 2. The van der Waals surface area contributed by atoms with E-state index in [2.05, 4.69) is 20.9 Å². The predicted molar refractivity (Wildman–Crippen MR) is 96.5 cm³/mol. The Balaban J connectivity index is 1.53. The first-order valence-electron chi connectivity index (χ1n) is 7.61. The van der Waals surface area contributed by atoms with Crippen LogP contribution in [0.15, 0.2) is 41.1 Å². The monoisotopic (exact) mass is 358 g/mol. The van der Waals surface area contributed by atoms with Crippen molar-refractivity contribution in [3.8, 4) is 11.3 Å². The third-order valence-electron chi connectivity index (χ3n) is 4.09. The van der Waals surface area contributed by atoms with Crippen LogP contribution in [-0.2, 0) is 13.0 Å². The molecule has 0 saturated heterocycles. The average Bonchev–Trinajstić information content (AvgIpc) is 3.23. The second-order valence-electron chi connectivity index (χ2n) is 5.65. The quantitative estimate of drug-likeness (QED) is 0.714. The third-order valence-corrected chi connectivity index (χ3v) is 5.01. The number of nitrogens with zero attached hydrogens (tertiary/aromatic N) is 2. The number of anilines is 1. The molecular weight excluding hydrogens is 344 g/mol. The van der Waals surface area contributed by atoms with Gasteiger partial charge in [0.15, 0.2) is 0 Å². The number of thiophene rings is 1. The number of fused-ring (bicyclic) bond motifs is 1. The minimum Gasteiger partial charge on any atom is -0.320 e. The summed E-state index contributed by atoms with van der Waals surface area (Å²) in [7, 11) is 0. The minimum absolute atomic E-state index is 0.125. The lowest BCUT2D eigenvalue weighted by atomic mass is 10.0. The van der Waals surface area contributed by atoms with Crippen LogP contribution in [0.5, 0.6) is 0 Å². The summed E-state index contributed by atoms with van der Waals surface area (Å²) in [4.78, 5) is 14.4. The molecular formula is C17H15ClN4OS. The van der Waals surface area contributed by atoms with Crippen LogP contribution in [0.4, 0.5) is 10.5 Å². The van der Waals surface area contributed by atoms with Crippen LogP contribution in [0.1, 0.15) is 11.3 Å². The van der Waals surface area contributed by atoms with E-state index in [0.717, 1.165) is 28.9 Å². The summed E-state index contributed by atoms with van der Waals surface area (Å²) in [6.45, 7) is 1.20. The lowest BCUT2D eigenvalue weighted by Gasteiger charge is -2.27. The van der Waals surface area contributed by atoms with Crippen molar-refractivity contribution in [2.24, 2.45) is 0 Å². The van der Waals surface area contributed by atoms with Crippen molar-refractivity contribution in [1.29, 1.82) is 0 Å². The van der Waals surface area contributed by atoms with Gasteiger partial charge in [0.25, 0.3) is 0 Å². The zero-order valence-electron chi connectivity index (χ0n) is 12.8. The fourth-order valence-corrected chi connectivity index (χ4v) is 3.71. The number of halogens is 1. The van der Waals surface area contributed by atoms with Gasteiger partial charge in [-0.2, -0.15) is 16.4 Å². The minimum atomic E-state index is -0.125. The number of nitrogens with one attached hydrogen (secondary N) is 2. The predicted octanol–water partition coefficient (Wildman–Crippen LogP) is 4.38. The Morgan fingerprint density at radius 1 is 1.38 bits per heavy atom. The molecule has 0 atom stereocenters. The van der Waals surface area contributed by atoms with Crippen LogP contribution in [0, 0.1) is 0 Å². The Morgan fingerprint density at radius 3 is 3.08 bits per heavy atom. The summed E-state index contributed by atoms with van der Waals surface area (Å²) in [5.41, 5.74) is 4.94. The molecule has 2 amide bonds. The molecule has 0 radical (unpaired) electrons. The highest BCUT2D eigenvalue weighted by Gasteiger charge is 2.25. The lowest BCUT2D eigenvalue weighted by Crippen LogP contribution is -2.38. The van der Waals surface area contributed by atoms with Crippen LogP contribution >= 0.6 is 22.9 Å². The normalized spacial score (nSPS) is 13.6. The summed E-state index contributed by atoms with van der Waals surface area (Å²) in [5.74, 6) is 0. The summed E-state index contributed by atoms with van der Waals surface area (Å²) in [6.07, 6.45) is 0.773. The van der Waals surface area contributed by atoms with Crippen LogP contribution in [0.25, 0.3) is 11.3 Å². The van der Waals surface area contributed by atoms with Crippen molar-refractivity contribution in [3.05, 3.63) is 57.4 Å². The third kappa shape index (κ3) is 2.90. The number of rotatable bonds is 2. The van der Waals surface area contributed by atoms with Crippen molar-refractivity contribution >= 4 is 34.7 Å². The largest absolute Gasteiger partial charge is 0.322 e. The van der Waals surface area contributed by atoms with Crippen LogP contribution in [0.3, 0.4) is 0 Å². The molecule has 0 unspecified atom stereocenters. The van der Waals surface area contributed by atoms with Gasteiger partial charge in [0.2, 0.25) is 0 Å². The highest BCUT2D eigenvalue weighted by Crippen LogP contribution is 2.30. The van der Waals surface area contributed by atoms with E-state index in [1.165, 1.54) is 0 Å². The Morgan fingerprint density at radius 2 is 2.29 bits per heavy atom. The summed E-state index contributed by atoms with van der Waals surface area (Å²) in [6, 6.07) is 9.09. The first-order chi connectivity index (χ1) is 11.7. The zero-order chi connectivity index (χ0) is 16.5. The van der Waals surface area contributed by atoms with Gasteiger partial charge in [0.05, 0.1) is 12.2 Å². The molecule has 0 fully saturated rings. The van der Waals surface area contributed by atoms with E-state index in [1.54, 1.807) is 28.4 Å². The molecule has 122 valence electrons. The van der Waals surface area contributed by atoms with E-state index in [0.29, 0.717) is 23.8 Å². The van der Waals surface area contributed by atoms with Gasteiger partial charge in [-0.1, -0.05) is 17.7 Å². The van der Waals surface area contributed by atoms with Crippen LogP contribution < -0.4 is 5.32 Å². The fraction of sp³-hybridized carbons (Fsp3) is 0.176. The lowest BCUT2D eigenvalue weighted by molar-refractivity contribution is 0.206. The molecule has 0 aliphatic carbocycles. The smallest absolute Gasteiger partial charge is 0.320 e. The molecule has 2 aromatic heterocycles. The van der Waals surface area contributed by atoms with E-state index in [-0.39, 0.29) is 6.03 Å². The molecule has 3 aromatic rings. The Hall–Kier alpha value is -2.31. The molecule has 1 aromatic carbocycles. The number of carbonyl (C=O) groups is 1. The van der Waals surface area contributed by atoms with Gasteiger partial charge in [-0.05, 0) is 29.6 Å². The van der Waals surface area contributed by atoms with Gasteiger partial charge in [0, 0.05) is 45.9 Å². The van der Waals surface area contributed by atoms with E-state index in [9.17, 15) is 4.79 Å². The summed E-state index contributed by atoms with van der Waals surface area (Å²) < 4.78 is 0. The molecule has 4 rings (SSSR count). The maximum Gasteiger partial charge on any atom is 0.322 e. The van der Waals surface area contributed by atoms with Gasteiger partial charge in [-0.3, -0.25) is 5.10 Å². The molecule has 5 nitrogen and oxygen atoms in total. The van der Waals surface area contributed by atoms with Crippen molar-refractivity contribution in [1.82, 2.24) is 15.1 Å². The van der Waals surface area contributed by atoms with Crippen LogP contribution in [-0.4, -0.2) is 27.7 Å². The number of hydrogen-bond donors (Lipinski definition) is 2. The highest BCUT2D eigenvalue weighted by molar-refractivity contribution is 7.08. The zero-order valence-corrected chi connectivity index (χ0v) is 14.3. The van der Waals surface area contributed by atoms with Crippen molar-refractivity contribution in [2.45, 2.75) is 13.0 Å². The molecule has 0 saturated carbocycles. The Bertz CT molecular complexity index is 875. The molecule has 0 bridgehead atoms. The van der Waals surface area contributed by atoms with Crippen molar-refractivity contribution in [3.63, 3.8) is 0 Å². The molecule has 0 spiro atoms. The summed E-state index contributed by atoms with van der Waals surface area (Å²) in [5, 5.41) is 15.2. The molecule has 7 heteroatoms. The molecule has 24 heavy (non-hydrogen) atoms. The molecule has 2 N–H and O–H groups in total. The second kappa shape index (κ2) is 6.30. The second-order valence-corrected chi connectivity index (χ2v) is 6.87. The standard InChI is InChI=1S/C17H15ClN4OS/c18-12-2-1-3-13(8-12)19-17(23)22-6-4-15-14(9-22)16(21-20-15)11-5-7-24-10-11/h1-3,5,7-8,10H,4,6,9H2,(H,19,23)(H,20,21). The first-order valence-corrected chi connectivity index (χ1v) is 8.93. The van der Waals surface area contributed by atoms with E-state index in [1.807, 2.05) is 23.6 Å². The van der Waals surface area contributed by atoms with E-state index < -0.39 is 0 Å². The van der Waals surface area contributed by atoms with Crippen molar-refractivity contribution < 1.29 is 4.79 Å². The fourth-order valence-electron chi connectivity index (χ4n) is 2.88. The number of aromatic amines is 1. The maximum absolute atomic E-state index is 12.6. The first kappa shape index (κ1) is 15.2. The highest BCUT2D eigenvalue weighted by atomic mass is 35.5. The van der Waals surface area contributed by atoms with E-state index >= 15 is 0 Å². The SMILES string of the molecule is O=C(Nc1cccc(Cl)c1)N1CCc2[nH]nc(-c3ccsc3)c2C1. The Labute approximate surface area is 148 Å². The number of benzene rings is 1. The van der Waals surface area contributed by atoms with Gasteiger partial charge in [0.1, 0.15) is 0 Å². The molecule has 1 aliphatic heterocycles. The number of hydrogen-bond acceptors (Lipinski definition) is 3. The number of amides is 2. The van der Waals surface area contributed by atoms with Crippen LogP contribution in [0.2, 0.25) is 5.02 Å². The summed E-state index contributed by atoms with van der Waals surface area (Å²) >= 11 is 7.61. The van der Waals surface area contributed by atoms with Gasteiger partial charge in [-0.25, -0.2) is 4.79 Å². The molecule has 3 heterocycles.